The zero-order valence-electron chi connectivity index (χ0n) is 21.7. The molecule has 11 nitrogen and oxygen atoms in total. The number of nitrogens with one attached hydrogen (secondary N) is 2. The van der Waals surface area contributed by atoms with Crippen LogP contribution in [-0.4, -0.2) is 76.9 Å². The number of benzene rings is 1. The first-order chi connectivity index (χ1) is 17.8. The van der Waals surface area contributed by atoms with Gasteiger partial charge in [-0.1, -0.05) is 24.8 Å². The summed E-state index contributed by atoms with van der Waals surface area (Å²) >= 11 is 0. The molecule has 0 bridgehead atoms. The van der Waals surface area contributed by atoms with Crippen molar-refractivity contribution in [3.05, 3.63) is 55.3 Å². The summed E-state index contributed by atoms with van der Waals surface area (Å²) in [5.41, 5.74) is 3.43. The van der Waals surface area contributed by atoms with Gasteiger partial charge in [0.25, 0.3) is 0 Å². The standard InChI is InChI=1S/C26H31N9O2/c1-7-22(36)28-19-16-20(25(37-6)31-24(19)34(4)15-14-33(2)3)30-26-27-13-12-18(29-26)23-17-10-8-9-11-21(17)35(5)32-23/h7-13,16H,1,14-15H2,2-6H3,(H,28,36)(H,27,29,30). The van der Waals surface area contributed by atoms with Crippen LogP contribution in [0.25, 0.3) is 22.3 Å². The molecule has 192 valence electrons. The predicted octanol–water partition coefficient (Wildman–Crippen LogP) is 3.30. The molecule has 4 rings (SSSR count). The van der Waals surface area contributed by atoms with Gasteiger partial charge in [0, 0.05) is 38.8 Å². The lowest BCUT2D eigenvalue weighted by Gasteiger charge is -2.24. The van der Waals surface area contributed by atoms with Crippen molar-refractivity contribution in [3.8, 4) is 17.3 Å². The Kier molecular flexibility index (Phi) is 7.63. The highest BCUT2D eigenvalue weighted by Crippen LogP contribution is 2.35. The van der Waals surface area contributed by atoms with Gasteiger partial charge in [-0.15, -0.1) is 0 Å². The number of hydrogen-bond donors (Lipinski definition) is 2. The minimum Gasteiger partial charge on any atom is -0.479 e. The van der Waals surface area contributed by atoms with E-state index in [-0.39, 0.29) is 5.91 Å². The second kappa shape index (κ2) is 11.0. The van der Waals surface area contributed by atoms with Crippen molar-refractivity contribution in [2.24, 2.45) is 7.05 Å². The Hall–Kier alpha value is -4.51. The molecule has 11 heteroatoms. The molecule has 0 radical (unpaired) electrons. The summed E-state index contributed by atoms with van der Waals surface area (Å²) in [6, 6.07) is 11.5. The molecule has 1 aromatic carbocycles. The number of carbonyl (C=O) groups is 1. The Labute approximate surface area is 215 Å². The molecule has 0 saturated heterocycles. The van der Waals surface area contributed by atoms with Crippen molar-refractivity contribution in [3.63, 3.8) is 0 Å². The highest BCUT2D eigenvalue weighted by atomic mass is 16.5. The number of hydrogen-bond acceptors (Lipinski definition) is 9. The molecule has 0 aliphatic heterocycles. The highest BCUT2D eigenvalue weighted by molar-refractivity contribution is 6.01. The monoisotopic (exact) mass is 501 g/mol. The van der Waals surface area contributed by atoms with Crippen molar-refractivity contribution in [1.82, 2.24) is 29.6 Å². The summed E-state index contributed by atoms with van der Waals surface area (Å²) in [5, 5.41) is 11.7. The number of amides is 1. The summed E-state index contributed by atoms with van der Waals surface area (Å²) in [4.78, 5) is 30.0. The summed E-state index contributed by atoms with van der Waals surface area (Å²) in [7, 11) is 9.34. The molecule has 3 aromatic heterocycles. The molecule has 37 heavy (non-hydrogen) atoms. The van der Waals surface area contributed by atoms with E-state index in [4.69, 9.17) is 4.74 Å². The third-order valence-corrected chi connectivity index (χ3v) is 5.75. The fourth-order valence-corrected chi connectivity index (χ4v) is 3.83. The first-order valence-corrected chi connectivity index (χ1v) is 11.7. The van der Waals surface area contributed by atoms with Gasteiger partial charge < -0.3 is 25.2 Å². The topological polar surface area (TPSA) is 113 Å². The molecule has 2 N–H and O–H groups in total. The number of aromatic nitrogens is 5. The number of likely N-dealkylation sites (N-methyl/N-ethyl adjacent to an activating group) is 2. The van der Waals surface area contributed by atoms with Gasteiger partial charge in [0.2, 0.25) is 17.7 Å². The van der Waals surface area contributed by atoms with Crippen LogP contribution in [0.2, 0.25) is 0 Å². The lowest BCUT2D eigenvalue weighted by molar-refractivity contribution is -0.111. The van der Waals surface area contributed by atoms with E-state index in [9.17, 15) is 4.79 Å². The number of para-hydroxylation sites is 1. The van der Waals surface area contributed by atoms with Gasteiger partial charge in [0.1, 0.15) is 11.4 Å². The van der Waals surface area contributed by atoms with E-state index in [1.54, 1.807) is 12.3 Å². The van der Waals surface area contributed by atoms with E-state index in [0.29, 0.717) is 41.3 Å². The fraction of sp³-hybridized carbons (Fsp3) is 0.269. The van der Waals surface area contributed by atoms with E-state index in [2.05, 4.69) is 42.2 Å². The van der Waals surface area contributed by atoms with Crippen molar-refractivity contribution in [2.75, 3.05) is 56.9 Å². The molecule has 0 atom stereocenters. The number of methoxy groups -OCH3 is 1. The summed E-state index contributed by atoms with van der Waals surface area (Å²) in [6.45, 7) is 5.05. The number of pyridine rings is 1. The van der Waals surface area contributed by atoms with Crippen LogP contribution in [0.4, 0.5) is 23.1 Å². The average Bonchev–Trinajstić information content (AvgIpc) is 3.24. The Morgan fingerprint density at radius 1 is 1.14 bits per heavy atom. The lowest BCUT2D eigenvalue weighted by atomic mass is 10.1. The van der Waals surface area contributed by atoms with E-state index in [1.807, 2.05) is 68.1 Å². The van der Waals surface area contributed by atoms with Gasteiger partial charge in [-0.05, 0) is 38.4 Å². The number of ether oxygens (including phenoxy) is 1. The van der Waals surface area contributed by atoms with Gasteiger partial charge in [-0.25, -0.2) is 9.97 Å². The highest BCUT2D eigenvalue weighted by Gasteiger charge is 2.19. The Balaban J connectivity index is 1.71. The fourth-order valence-electron chi connectivity index (χ4n) is 3.83. The molecule has 0 aliphatic carbocycles. The van der Waals surface area contributed by atoms with Crippen LogP contribution >= 0.6 is 0 Å². The van der Waals surface area contributed by atoms with E-state index in [0.717, 1.165) is 23.1 Å². The van der Waals surface area contributed by atoms with Crippen LogP contribution in [0.15, 0.2) is 55.3 Å². The molecule has 0 spiro atoms. The first-order valence-electron chi connectivity index (χ1n) is 11.7. The molecule has 0 aliphatic rings. The van der Waals surface area contributed by atoms with Gasteiger partial charge in [0.15, 0.2) is 5.82 Å². The number of anilines is 4. The van der Waals surface area contributed by atoms with Crippen LogP contribution in [0.3, 0.4) is 0 Å². The summed E-state index contributed by atoms with van der Waals surface area (Å²) in [5.74, 6) is 0.886. The predicted molar refractivity (Wildman–Crippen MR) is 146 cm³/mol. The van der Waals surface area contributed by atoms with Gasteiger partial charge >= 0.3 is 0 Å². The smallest absolute Gasteiger partial charge is 0.247 e. The van der Waals surface area contributed by atoms with Crippen molar-refractivity contribution < 1.29 is 9.53 Å². The van der Waals surface area contributed by atoms with Gasteiger partial charge in [-0.3, -0.25) is 9.48 Å². The van der Waals surface area contributed by atoms with Crippen LogP contribution in [0.1, 0.15) is 0 Å². The maximum absolute atomic E-state index is 12.2. The maximum atomic E-state index is 12.2. The molecule has 0 saturated carbocycles. The zero-order chi connectivity index (χ0) is 26.5. The van der Waals surface area contributed by atoms with Crippen LogP contribution in [0, 0.1) is 0 Å². The Morgan fingerprint density at radius 3 is 2.65 bits per heavy atom. The average molecular weight is 502 g/mol. The van der Waals surface area contributed by atoms with Crippen molar-refractivity contribution in [2.45, 2.75) is 0 Å². The SMILES string of the molecule is C=CC(=O)Nc1cc(Nc2nccc(-c3nn(C)c4ccccc34)n2)c(OC)nc1N(C)CCN(C)C. The molecule has 0 fully saturated rings. The Morgan fingerprint density at radius 2 is 1.92 bits per heavy atom. The van der Waals surface area contributed by atoms with Crippen LogP contribution < -0.4 is 20.3 Å². The maximum Gasteiger partial charge on any atom is 0.247 e. The largest absolute Gasteiger partial charge is 0.479 e. The third kappa shape index (κ3) is 5.67. The zero-order valence-corrected chi connectivity index (χ0v) is 21.7. The summed E-state index contributed by atoms with van der Waals surface area (Å²) in [6.07, 6.45) is 2.88. The van der Waals surface area contributed by atoms with Crippen molar-refractivity contribution >= 4 is 40.0 Å². The van der Waals surface area contributed by atoms with Crippen LogP contribution in [-0.2, 0) is 11.8 Å². The van der Waals surface area contributed by atoms with Gasteiger partial charge in [0.05, 0.1) is 24.0 Å². The van der Waals surface area contributed by atoms with Crippen LogP contribution in [0.5, 0.6) is 5.88 Å². The Bertz CT molecular complexity index is 1430. The van der Waals surface area contributed by atoms with Crippen molar-refractivity contribution in [1.29, 1.82) is 0 Å². The number of nitrogens with zero attached hydrogens (tertiary/aromatic N) is 7. The van der Waals surface area contributed by atoms with E-state index >= 15 is 0 Å². The van der Waals surface area contributed by atoms with E-state index < -0.39 is 0 Å². The minimum absolute atomic E-state index is 0.334. The first kappa shape index (κ1) is 25.6. The quantitative estimate of drug-likeness (QED) is 0.316. The molecule has 0 unspecified atom stereocenters. The normalized spacial score (nSPS) is 11.0. The van der Waals surface area contributed by atoms with E-state index in [1.165, 1.54) is 13.2 Å². The molecule has 4 aromatic rings. The lowest BCUT2D eigenvalue weighted by Crippen LogP contribution is -2.30. The van der Waals surface area contributed by atoms with Gasteiger partial charge in [-0.2, -0.15) is 10.1 Å². The second-order valence-electron chi connectivity index (χ2n) is 8.71. The number of rotatable bonds is 10. The molecular formula is C26H31N9O2. The third-order valence-electron chi connectivity index (χ3n) is 5.75. The number of carbonyl (C=O) groups excluding carboxylic acids is 1. The number of fused-ring (bicyclic) bond motifs is 1. The summed E-state index contributed by atoms with van der Waals surface area (Å²) < 4.78 is 7.41. The minimum atomic E-state index is -0.347. The number of aryl methyl sites for hydroxylation is 1. The second-order valence-corrected chi connectivity index (χ2v) is 8.71. The molecule has 3 heterocycles. The molecular weight excluding hydrogens is 470 g/mol. The molecule has 1 amide bonds.